The van der Waals surface area contributed by atoms with Gasteiger partial charge >= 0.3 is 6.09 Å². The molecule has 1 unspecified atom stereocenters. The minimum absolute atomic E-state index is 0.189. The van der Waals surface area contributed by atoms with Gasteiger partial charge in [0.05, 0.1) is 17.1 Å². The van der Waals surface area contributed by atoms with Crippen LogP contribution in [0.1, 0.15) is 45.1 Å². The van der Waals surface area contributed by atoms with E-state index in [0.29, 0.717) is 32.0 Å². The number of rotatable bonds is 3. The van der Waals surface area contributed by atoms with Gasteiger partial charge in [-0.1, -0.05) is 12.1 Å². The Balaban J connectivity index is 1.24. The topological polar surface area (TPSA) is 87.1 Å². The molecule has 1 N–H and O–H groups in total. The average Bonchev–Trinajstić information content (AvgIpc) is 3.09. The lowest BCUT2D eigenvalue weighted by Crippen LogP contribution is -2.63. The molecule has 1 aromatic heterocycles. The summed E-state index contributed by atoms with van der Waals surface area (Å²) in [5, 5.41) is 3.57. The Morgan fingerprint density at radius 2 is 1.80 bits per heavy atom. The van der Waals surface area contributed by atoms with Crippen LogP contribution in [0.25, 0.3) is 10.9 Å². The minimum atomic E-state index is -0.473. The zero-order valence-corrected chi connectivity index (χ0v) is 21.0. The summed E-state index contributed by atoms with van der Waals surface area (Å²) in [4.78, 5) is 43.1. The summed E-state index contributed by atoms with van der Waals surface area (Å²) in [5.41, 5.74) is 2.82. The fourth-order valence-corrected chi connectivity index (χ4v) is 5.48. The maximum Gasteiger partial charge on any atom is 0.410 e. The number of anilines is 1. The van der Waals surface area contributed by atoms with E-state index in [4.69, 9.17) is 4.74 Å². The molecule has 1 aromatic carbocycles. The van der Waals surface area contributed by atoms with Crippen LogP contribution in [0.3, 0.4) is 0 Å². The van der Waals surface area contributed by atoms with Gasteiger partial charge in [0.1, 0.15) is 5.60 Å². The lowest BCUT2D eigenvalue weighted by Gasteiger charge is -2.49. The smallest absolute Gasteiger partial charge is 0.410 e. The van der Waals surface area contributed by atoms with Crippen LogP contribution in [0, 0.1) is 0 Å². The van der Waals surface area contributed by atoms with Gasteiger partial charge in [0.15, 0.2) is 0 Å². The Labute approximate surface area is 206 Å². The van der Waals surface area contributed by atoms with Crippen LogP contribution in [0.15, 0.2) is 24.4 Å². The van der Waals surface area contributed by atoms with Gasteiger partial charge in [-0.25, -0.2) is 4.79 Å². The van der Waals surface area contributed by atoms with Crippen LogP contribution < -0.4 is 10.2 Å². The number of hydrogen-bond donors (Lipinski definition) is 1. The van der Waals surface area contributed by atoms with E-state index in [0.717, 1.165) is 42.6 Å². The summed E-state index contributed by atoms with van der Waals surface area (Å²) in [5.74, 6) is -0.684. The van der Waals surface area contributed by atoms with Gasteiger partial charge in [0.2, 0.25) is 11.8 Å². The van der Waals surface area contributed by atoms with Crippen molar-refractivity contribution in [3.05, 3.63) is 30.0 Å². The maximum atomic E-state index is 12.5. The second kappa shape index (κ2) is 8.86. The van der Waals surface area contributed by atoms with E-state index in [1.807, 2.05) is 34.0 Å². The SMILES string of the molecule is Cn1cc(C2CCC(=O)NC2=O)c2cccc(N3CC(N4CCN(C(=O)OC(C)(C)C)CC4)C3)c21. The van der Waals surface area contributed by atoms with Gasteiger partial charge in [-0.3, -0.25) is 19.8 Å². The molecule has 0 saturated carbocycles. The summed E-state index contributed by atoms with van der Waals surface area (Å²) < 4.78 is 7.62. The molecule has 0 aliphatic carbocycles. The average molecular weight is 482 g/mol. The Bertz CT molecular complexity index is 1150. The van der Waals surface area contributed by atoms with Gasteiger partial charge in [-0.2, -0.15) is 0 Å². The number of nitrogens with one attached hydrogen (secondary N) is 1. The van der Waals surface area contributed by atoms with Crippen molar-refractivity contribution in [1.29, 1.82) is 0 Å². The van der Waals surface area contributed by atoms with Crippen molar-refractivity contribution in [1.82, 2.24) is 19.7 Å². The van der Waals surface area contributed by atoms with Gasteiger partial charge in [0, 0.05) is 70.4 Å². The quantitative estimate of drug-likeness (QED) is 0.678. The molecule has 3 fully saturated rings. The second-order valence-corrected chi connectivity index (χ2v) is 10.9. The Morgan fingerprint density at radius 1 is 1.09 bits per heavy atom. The predicted molar refractivity (Wildman–Crippen MR) is 133 cm³/mol. The number of carbonyl (C=O) groups excluding carboxylic acids is 3. The Kier molecular flexibility index (Phi) is 5.99. The summed E-state index contributed by atoms with van der Waals surface area (Å²) in [7, 11) is 2.02. The highest BCUT2D eigenvalue weighted by Gasteiger charge is 2.37. The zero-order valence-electron chi connectivity index (χ0n) is 21.0. The molecule has 2 aromatic rings. The van der Waals surface area contributed by atoms with E-state index in [9.17, 15) is 14.4 Å². The molecule has 0 radical (unpaired) electrons. The monoisotopic (exact) mass is 481 g/mol. The third kappa shape index (κ3) is 4.61. The van der Waals surface area contributed by atoms with Gasteiger partial charge in [-0.05, 0) is 38.8 Å². The normalized spacial score (nSPS) is 22.3. The number of carbonyl (C=O) groups is 3. The molecular formula is C26H35N5O4. The van der Waals surface area contributed by atoms with Crippen LogP contribution in [-0.2, 0) is 21.4 Å². The molecule has 9 nitrogen and oxygen atoms in total. The van der Waals surface area contributed by atoms with E-state index in [1.54, 1.807) is 4.90 Å². The number of imide groups is 1. The molecular weight excluding hydrogens is 446 g/mol. The number of benzene rings is 1. The number of piperazine rings is 1. The largest absolute Gasteiger partial charge is 0.444 e. The van der Waals surface area contributed by atoms with Crippen LogP contribution in [0.4, 0.5) is 10.5 Å². The van der Waals surface area contributed by atoms with E-state index < -0.39 is 5.60 Å². The molecule has 0 spiro atoms. The maximum absolute atomic E-state index is 12.5. The molecule has 4 heterocycles. The van der Waals surface area contributed by atoms with E-state index in [2.05, 4.69) is 37.9 Å². The lowest BCUT2D eigenvalue weighted by atomic mass is 9.90. The van der Waals surface area contributed by atoms with Crippen molar-refractivity contribution >= 4 is 34.5 Å². The number of piperidine rings is 1. The molecule has 188 valence electrons. The fourth-order valence-electron chi connectivity index (χ4n) is 5.48. The second-order valence-electron chi connectivity index (χ2n) is 10.9. The summed E-state index contributed by atoms with van der Waals surface area (Å²) in [6.07, 6.45) is 2.74. The molecule has 3 aliphatic heterocycles. The number of hydrogen-bond acceptors (Lipinski definition) is 6. The van der Waals surface area contributed by atoms with Gasteiger partial charge in [-0.15, -0.1) is 0 Å². The predicted octanol–water partition coefficient (Wildman–Crippen LogP) is 2.44. The van der Waals surface area contributed by atoms with Gasteiger partial charge in [0.25, 0.3) is 0 Å². The number of nitrogens with zero attached hydrogens (tertiary/aromatic N) is 4. The number of ether oxygens (including phenoxy) is 1. The van der Waals surface area contributed by atoms with Crippen molar-refractivity contribution in [2.75, 3.05) is 44.2 Å². The lowest BCUT2D eigenvalue weighted by molar-refractivity contribution is -0.134. The molecule has 3 aliphatic rings. The van der Waals surface area contributed by atoms with Crippen molar-refractivity contribution in [2.45, 2.75) is 51.2 Å². The summed E-state index contributed by atoms with van der Waals surface area (Å²) >= 11 is 0. The molecule has 0 bridgehead atoms. The highest BCUT2D eigenvalue weighted by atomic mass is 16.6. The molecule has 9 heteroatoms. The molecule has 3 saturated heterocycles. The zero-order chi connectivity index (χ0) is 24.9. The molecule has 1 atom stereocenters. The van der Waals surface area contributed by atoms with Crippen LogP contribution in [-0.4, -0.2) is 83.2 Å². The third-order valence-corrected chi connectivity index (χ3v) is 7.31. The molecule has 35 heavy (non-hydrogen) atoms. The Morgan fingerprint density at radius 3 is 2.46 bits per heavy atom. The van der Waals surface area contributed by atoms with E-state index >= 15 is 0 Å². The molecule has 5 rings (SSSR count). The van der Waals surface area contributed by atoms with Crippen LogP contribution in [0.5, 0.6) is 0 Å². The summed E-state index contributed by atoms with van der Waals surface area (Å²) in [6, 6.07) is 6.74. The van der Waals surface area contributed by atoms with E-state index in [-0.39, 0.29) is 23.8 Å². The van der Waals surface area contributed by atoms with Crippen molar-refractivity contribution < 1.29 is 19.1 Å². The van der Waals surface area contributed by atoms with Crippen molar-refractivity contribution in [3.63, 3.8) is 0 Å². The highest BCUT2D eigenvalue weighted by Crippen LogP contribution is 2.38. The van der Waals surface area contributed by atoms with Gasteiger partial charge < -0.3 is 19.1 Å². The Hall–Kier alpha value is -3.07. The number of aryl methyl sites for hydroxylation is 1. The highest BCUT2D eigenvalue weighted by molar-refractivity contribution is 6.04. The number of fused-ring (bicyclic) bond motifs is 1. The van der Waals surface area contributed by atoms with Crippen LogP contribution >= 0.6 is 0 Å². The third-order valence-electron chi connectivity index (χ3n) is 7.31. The number of aromatic nitrogens is 1. The van der Waals surface area contributed by atoms with Crippen molar-refractivity contribution in [3.8, 4) is 0 Å². The fraction of sp³-hybridized carbons (Fsp3) is 0.577. The van der Waals surface area contributed by atoms with Crippen molar-refractivity contribution in [2.24, 2.45) is 7.05 Å². The number of para-hydroxylation sites is 1. The minimum Gasteiger partial charge on any atom is -0.444 e. The first-order valence-electron chi connectivity index (χ1n) is 12.5. The standard InChI is InChI=1S/C26H35N5O4/c1-26(2,3)35-25(34)30-12-10-29(11-13-30)17-14-31(15-17)21-7-5-6-18-20(16-28(4)23(18)21)19-8-9-22(32)27-24(19)33/h5-7,16-17,19H,8-15H2,1-4H3,(H,27,32,33). The first-order chi connectivity index (χ1) is 16.6. The first-order valence-corrected chi connectivity index (χ1v) is 12.5. The first kappa shape index (κ1) is 23.7. The summed E-state index contributed by atoms with van der Waals surface area (Å²) in [6.45, 7) is 10.6. The van der Waals surface area contributed by atoms with Crippen LogP contribution in [0.2, 0.25) is 0 Å². The number of amides is 3. The van der Waals surface area contributed by atoms with E-state index in [1.165, 1.54) is 5.69 Å². The molecule has 3 amide bonds.